The average Bonchev–Trinajstić information content (AvgIpc) is 2.31. The van der Waals surface area contributed by atoms with Gasteiger partial charge in [-0.2, -0.15) is 0 Å². The first-order valence-electron chi connectivity index (χ1n) is 5.15. The highest BCUT2D eigenvalue weighted by Gasteiger charge is 2.37. The molecular weight excluding hydrogens is 166 g/mol. The van der Waals surface area contributed by atoms with Gasteiger partial charge in [0.15, 0.2) is 0 Å². The molecule has 0 radical (unpaired) electrons. The molecule has 0 aliphatic carbocycles. The van der Waals surface area contributed by atoms with Gasteiger partial charge >= 0.3 is 5.97 Å². The van der Waals surface area contributed by atoms with Crippen molar-refractivity contribution in [3.8, 4) is 0 Å². The van der Waals surface area contributed by atoms with Crippen LogP contribution in [0.4, 0.5) is 0 Å². The van der Waals surface area contributed by atoms with E-state index < -0.39 is 11.4 Å². The fourth-order valence-electron chi connectivity index (χ4n) is 2.18. The Hall–Kier alpha value is -0.570. The van der Waals surface area contributed by atoms with Crippen LogP contribution in [0.1, 0.15) is 39.0 Å². The molecule has 0 aromatic heterocycles. The molecule has 1 fully saturated rings. The minimum Gasteiger partial charge on any atom is -0.481 e. The highest BCUT2D eigenvalue weighted by Crippen LogP contribution is 2.34. The summed E-state index contributed by atoms with van der Waals surface area (Å²) in [6.07, 6.45) is 4.40. The second kappa shape index (κ2) is 4.61. The van der Waals surface area contributed by atoms with Gasteiger partial charge in [-0.25, -0.2) is 0 Å². The maximum absolute atomic E-state index is 11.2. The zero-order valence-electron chi connectivity index (χ0n) is 8.31. The number of hydrogen-bond acceptors (Lipinski definition) is 2. The van der Waals surface area contributed by atoms with Crippen LogP contribution in [0.25, 0.3) is 0 Å². The van der Waals surface area contributed by atoms with Gasteiger partial charge in [0.05, 0.1) is 5.41 Å². The maximum Gasteiger partial charge on any atom is 0.309 e. The Morgan fingerprint density at radius 3 is 2.85 bits per heavy atom. The number of rotatable bonds is 3. The van der Waals surface area contributed by atoms with Crippen molar-refractivity contribution in [2.24, 2.45) is 5.41 Å². The van der Waals surface area contributed by atoms with Crippen molar-refractivity contribution in [1.29, 1.82) is 0 Å². The Kier molecular flexibility index (Phi) is 3.72. The molecule has 0 amide bonds. The van der Waals surface area contributed by atoms with Gasteiger partial charge in [-0.1, -0.05) is 13.3 Å². The van der Waals surface area contributed by atoms with Gasteiger partial charge in [0.1, 0.15) is 0 Å². The normalized spacial score (nSPS) is 29.6. The van der Waals surface area contributed by atoms with Gasteiger partial charge in [0.2, 0.25) is 0 Å². The van der Waals surface area contributed by atoms with Crippen LogP contribution in [0.2, 0.25) is 0 Å². The highest BCUT2D eigenvalue weighted by atomic mass is 16.4. The molecule has 1 rings (SSSR count). The van der Waals surface area contributed by atoms with Crippen LogP contribution in [0.5, 0.6) is 0 Å². The van der Waals surface area contributed by atoms with E-state index >= 15 is 0 Å². The van der Waals surface area contributed by atoms with E-state index in [-0.39, 0.29) is 0 Å². The Morgan fingerprint density at radius 2 is 2.23 bits per heavy atom. The number of carboxylic acids is 1. The summed E-state index contributed by atoms with van der Waals surface area (Å²) in [5.41, 5.74) is -0.432. The van der Waals surface area contributed by atoms with Crippen LogP contribution in [0.3, 0.4) is 0 Å². The molecule has 1 saturated heterocycles. The van der Waals surface area contributed by atoms with E-state index in [1.807, 2.05) is 0 Å². The number of carbonyl (C=O) groups is 1. The first-order valence-corrected chi connectivity index (χ1v) is 5.15. The lowest BCUT2D eigenvalue weighted by atomic mass is 9.77. The number of aliphatic carboxylic acids is 1. The third-order valence-electron chi connectivity index (χ3n) is 2.97. The van der Waals surface area contributed by atoms with Gasteiger partial charge < -0.3 is 10.4 Å². The first kappa shape index (κ1) is 10.5. The molecule has 0 aromatic rings. The Bertz CT molecular complexity index is 172. The molecule has 1 heterocycles. The molecule has 3 heteroatoms. The van der Waals surface area contributed by atoms with Crippen molar-refractivity contribution in [2.45, 2.75) is 39.0 Å². The number of hydrogen-bond donors (Lipinski definition) is 2. The van der Waals surface area contributed by atoms with E-state index in [0.29, 0.717) is 0 Å². The molecule has 1 aliphatic heterocycles. The standard InChI is InChI=1S/C10H19NO2/c1-2-4-10(9(12)13)5-3-7-11-8-6-10/h11H,2-8H2,1H3,(H,12,13). The lowest BCUT2D eigenvalue weighted by Gasteiger charge is -2.26. The minimum absolute atomic E-state index is 0.432. The van der Waals surface area contributed by atoms with Gasteiger partial charge in [-0.15, -0.1) is 0 Å². The molecule has 3 nitrogen and oxygen atoms in total. The Labute approximate surface area is 79.5 Å². The lowest BCUT2D eigenvalue weighted by molar-refractivity contribution is -0.150. The second-order valence-electron chi connectivity index (χ2n) is 3.94. The number of nitrogens with one attached hydrogen (secondary N) is 1. The first-order chi connectivity index (χ1) is 6.21. The third-order valence-corrected chi connectivity index (χ3v) is 2.97. The van der Waals surface area contributed by atoms with Crippen molar-refractivity contribution >= 4 is 5.97 Å². The zero-order valence-corrected chi connectivity index (χ0v) is 8.31. The molecule has 0 saturated carbocycles. The maximum atomic E-state index is 11.2. The van der Waals surface area contributed by atoms with E-state index in [2.05, 4.69) is 12.2 Å². The molecule has 1 aliphatic rings. The molecular formula is C10H19NO2. The summed E-state index contributed by atoms with van der Waals surface area (Å²) in [5.74, 6) is -0.599. The topological polar surface area (TPSA) is 49.3 Å². The average molecular weight is 185 g/mol. The molecule has 0 bridgehead atoms. The zero-order chi connectivity index (χ0) is 9.73. The van der Waals surface area contributed by atoms with E-state index in [4.69, 9.17) is 0 Å². The highest BCUT2D eigenvalue weighted by molar-refractivity contribution is 5.74. The molecule has 2 N–H and O–H groups in total. The van der Waals surface area contributed by atoms with Crippen molar-refractivity contribution in [2.75, 3.05) is 13.1 Å². The van der Waals surface area contributed by atoms with Crippen LogP contribution in [-0.2, 0) is 4.79 Å². The van der Waals surface area contributed by atoms with E-state index in [9.17, 15) is 9.90 Å². The third kappa shape index (κ3) is 2.44. The summed E-state index contributed by atoms with van der Waals surface area (Å²) in [7, 11) is 0. The van der Waals surface area contributed by atoms with E-state index in [1.165, 1.54) is 0 Å². The summed E-state index contributed by atoms with van der Waals surface area (Å²) in [6, 6.07) is 0. The SMILES string of the molecule is CCCC1(C(=O)O)CCCNCC1. The quantitative estimate of drug-likeness (QED) is 0.702. The van der Waals surface area contributed by atoms with Crippen LogP contribution in [-0.4, -0.2) is 24.2 Å². The smallest absolute Gasteiger partial charge is 0.309 e. The summed E-state index contributed by atoms with van der Waals surface area (Å²) in [6.45, 7) is 3.88. The molecule has 76 valence electrons. The predicted octanol–water partition coefficient (Wildman–Crippen LogP) is 1.63. The van der Waals surface area contributed by atoms with Crippen LogP contribution < -0.4 is 5.32 Å². The van der Waals surface area contributed by atoms with Crippen LogP contribution in [0.15, 0.2) is 0 Å². The van der Waals surface area contributed by atoms with Crippen LogP contribution in [0, 0.1) is 5.41 Å². The van der Waals surface area contributed by atoms with Crippen molar-refractivity contribution in [1.82, 2.24) is 5.32 Å². The number of carboxylic acid groups (broad SMARTS) is 1. The monoisotopic (exact) mass is 185 g/mol. The van der Waals surface area contributed by atoms with Gasteiger partial charge in [0.25, 0.3) is 0 Å². The largest absolute Gasteiger partial charge is 0.481 e. The van der Waals surface area contributed by atoms with Gasteiger partial charge in [0, 0.05) is 0 Å². The molecule has 13 heavy (non-hydrogen) atoms. The van der Waals surface area contributed by atoms with Gasteiger partial charge in [-0.05, 0) is 38.8 Å². The molecule has 0 spiro atoms. The Morgan fingerprint density at radius 1 is 1.46 bits per heavy atom. The summed E-state index contributed by atoms with van der Waals surface area (Å²) < 4.78 is 0. The molecule has 1 unspecified atom stereocenters. The molecule has 0 aromatic carbocycles. The van der Waals surface area contributed by atoms with Crippen molar-refractivity contribution in [3.05, 3.63) is 0 Å². The van der Waals surface area contributed by atoms with Crippen LogP contribution >= 0.6 is 0 Å². The fraction of sp³-hybridized carbons (Fsp3) is 0.900. The molecule has 1 atom stereocenters. The second-order valence-corrected chi connectivity index (χ2v) is 3.94. The van der Waals surface area contributed by atoms with Gasteiger partial charge in [-0.3, -0.25) is 4.79 Å². The minimum atomic E-state index is -0.599. The predicted molar refractivity (Wildman–Crippen MR) is 51.7 cm³/mol. The van der Waals surface area contributed by atoms with E-state index in [0.717, 1.165) is 45.2 Å². The summed E-state index contributed by atoms with van der Waals surface area (Å²) in [5, 5.41) is 12.5. The fourth-order valence-corrected chi connectivity index (χ4v) is 2.18. The summed E-state index contributed by atoms with van der Waals surface area (Å²) >= 11 is 0. The lowest BCUT2D eigenvalue weighted by Crippen LogP contribution is -2.31. The van der Waals surface area contributed by atoms with Crippen molar-refractivity contribution < 1.29 is 9.90 Å². The summed E-state index contributed by atoms with van der Waals surface area (Å²) in [4.78, 5) is 11.2. The van der Waals surface area contributed by atoms with E-state index in [1.54, 1.807) is 0 Å². The van der Waals surface area contributed by atoms with Crippen molar-refractivity contribution in [3.63, 3.8) is 0 Å². The Balaban J connectivity index is 2.67.